The lowest BCUT2D eigenvalue weighted by Crippen LogP contribution is -2.27. The topological polar surface area (TPSA) is 24.9 Å². The molecule has 102 valence electrons. The molecule has 1 heterocycles. The van der Waals surface area contributed by atoms with Crippen molar-refractivity contribution in [3.8, 4) is 0 Å². The Morgan fingerprint density at radius 2 is 1.70 bits per heavy atom. The van der Waals surface area contributed by atoms with Crippen molar-refractivity contribution >= 4 is 27.4 Å². The standard InChI is InChI=1S/C17H18N2S/c1-17(2,13-8-4-3-5-9-13)12-18-16-14-10-6-7-11-15(14)19-20-16/h3-11,18H,12H2,1-2H3. The summed E-state index contributed by atoms with van der Waals surface area (Å²) < 4.78 is 4.47. The van der Waals surface area contributed by atoms with Crippen LogP contribution in [0.1, 0.15) is 19.4 Å². The van der Waals surface area contributed by atoms with E-state index in [1.54, 1.807) is 0 Å². The third-order valence-corrected chi connectivity index (χ3v) is 4.46. The molecule has 0 aliphatic carbocycles. The van der Waals surface area contributed by atoms with E-state index in [1.165, 1.54) is 22.5 Å². The lowest BCUT2D eigenvalue weighted by Gasteiger charge is -2.25. The molecular formula is C17H18N2S. The molecule has 3 aromatic rings. The summed E-state index contributed by atoms with van der Waals surface area (Å²) in [5, 5.41) is 5.93. The van der Waals surface area contributed by atoms with Gasteiger partial charge < -0.3 is 5.32 Å². The quantitative estimate of drug-likeness (QED) is 0.751. The molecule has 0 radical (unpaired) electrons. The molecule has 0 unspecified atom stereocenters. The van der Waals surface area contributed by atoms with Crippen molar-refractivity contribution < 1.29 is 0 Å². The highest BCUT2D eigenvalue weighted by atomic mass is 32.1. The van der Waals surface area contributed by atoms with Crippen molar-refractivity contribution in [3.05, 3.63) is 60.2 Å². The molecule has 2 nitrogen and oxygen atoms in total. The van der Waals surface area contributed by atoms with Crippen LogP contribution >= 0.6 is 11.5 Å². The van der Waals surface area contributed by atoms with E-state index in [1.807, 2.05) is 6.07 Å². The summed E-state index contributed by atoms with van der Waals surface area (Å²) in [7, 11) is 0. The van der Waals surface area contributed by atoms with E-state index in [2.05, 4.69) is 72.1 Å². The molecular weight excluding hydrogens is 264 g/mol. The van der Waals surface area contributed by atoms with Gasteiger partial charge in [-0.05, 0) is 29.2 Å². The Morgan fingerprint density at radius 1 is 1.00 bits per heavy atom. The molecule has 0 spiro atoms. The predicted octanol–water partition coefficient (Wildman–Crippen LogP) is 4.69. The average Bonchev–Trinajstić information content (AvgIpc) is 2.89. The first-order chi connectivity index (χ1) is 9.67. The zero-order valence-electron chi connectivity index (χ0n) is 11.8. The van der Waals surface area contributed by atoms with Crippen LogP contribution in [0.2, 0.25) is 0 Å². The lowest BCUT2D eigenvalue weighted by molar-refractivity contribution is 0.558. The fraction of sp³-hybridized carbons (Fsp3) is 0.235. The Hall–Kier alpha value is -1.87. The minimum absolute atomic E-state index is 0.0896. The molecule has 1 N–H and O–H groups in total. The first-order valence-corrected chi connectivity index (χ1v) is 7.58. The van der Waals surface area contributed by atoms with Crippen LogP contribution in [0.3, 0.4) is 0 Å². The van der Waals surface area contributed by atoms with Gasteiger partial charge in [0.25, 0.3) is 0 Å². The number of nitrogens with zero attached hydrogens (tertiary/aromatic N) is 1. The number of rotatable bonds is 4. The maximum atomic E-state index is 4.47. The monoisotopic (exact) mass is 282 g/mol. The fourth-order valence-electron chi connectivity index (χ4n) is 2.31. The number of benzene rings is 2. The van der Waals surface area contributed by atoms with Gasteiger partial charge in [0.1, 0.15) is 5.00 Å². The predicted molar refractivity (Wildman–Crippen MR) is 87.6 cm³/mol. The highest BCUT2D eigenvalue weighted by Gasteiger charge is 2.20. The molecule has 0 bridgehead atoms. The van der Waals surface area contributed by atoms with Crippen LogP contribution in [0.4, 0.5) is 5.00 Å². The number of hydrogen-bond acceptors (Lipinski definition) is 3. The van der Waals surface area contributed by atoms with E-state index >= 15 is 0 Å². The van der Waals surface area contributed by atoms with E-state index in [0.29, 0.717) is 0 Å². The van der Waals surface area contributed by atoms with Gasteiger partial charge in [-0.1, -0.05) is 56.3 Å². The molecule has 0 saturated carbocycles. The molecule has 0 amide bonds. The Bertz CT molecular complexity index is 701. The second-order valence-corrected chi connectivity index (χ2v) is 6.41. The molecule has 3 rings (SSSR count). The Kier molecular flexibility index (Phi) is 3.45. The van der Waals surface area contributed by atoms with Crippen molar-refractivity contribution in [1.29, 1.82) is 0 Å². The van der Waals surface area contributed by atoms with Crippen molar-refractivity contribution in [3.63, 3.8) is 0 Å². The molecule has 0 saturated heterocycles. The Labute approximate surface area is 123 Å². The number of hydrogen-bond donors (Lipinski definition) is 1. The third-order valence-electron chi connectivity index (χ3n) is 3.63. The molecule has 0 aliphatic rings. The van der Waals surface area contributed by atoms with Crippen LogP contribution in [0, 0.1) is 0 Å². The van der Waals surface area contributed by atoms with Gasteiger partial charge in [0.2, 0.25) is 0 Å². The number of anilines is 1. The van der Waals surface area contributed by atoms with Crippen LogP contribution in [-0.4, -0.2) is 10.9 Å². The van der Waals surface area contributed by atoms with Gasteiger partial charge in [-0.25, -0.2) is 0 Å². The molecule has 2 aromatic carbocycles. The highest BCUT2D eigenvalue weighted by molar-refractivity contribution is 7.11. The zero-order chi connectivity index (χ0) is 14.0. The minimum Gasteiger partial charge on any atom is -0.374 e. The Morgan fingerprint density at radius 3 is 2.50 bits per heavy atom. The Balaban J connectivity index is 1.79. The molecule has 3 heteroatoms. The van der Waals surface area contributed by atoms with Gasteiger partial charge in [0, 0.05) is 17.3 Å². The number of aromatic nitrogens is 1. The van der Waals surface area contributed by atoms with Gasteiger partial charge in [-0.3, -0.25) is 0 Å². The van der Waals surface area contributed by atoms with E-state index in [4.69, 9.17) is 0 Å². The molecule has 0 aliphatic heterocycles. The summed E-state index contributed by atoms with van der Waals surface area (Å²) in [6.07, 6.45) is 0. The highest BCUT2D eigenvalue weighted by Crippen LogP contribution is 2.29. The van der Waals surface area contributed by atoms with E-state index in [-0.39, 0.29) is 5.41 Å². The van der Waals surface area contributed by atoms with Crippen LogP contribution < -0.4 is 5.32 Å². The summed E-state index contributed by atoms with van der Waals surface area (Å²) in [4.78, 5) is 0. The minimum atomic E-state index is 0.0896. The van der Waals surface area contributed by atoms with Crippen LogP contribution in [-0.2, 0) is 5.41 Å². The molecule has 1 aromatic heterocycles. The smallest absolute Gasteiger partial charge is 0.117 e. The van der Waals surface area contributed by atoms with Crippen molar-refractivity contribution in [1.82, 2.24) is 4.37 Å². The van der Waals surface area contributed by atoms with E-state index in [0.717, 1.165) is 17.1 Å². The van der Waals surface area contributed by atoms with E-state index in [9.17, 15) is 0 Å². The van der Waals surface area contributed by atoms with Gasteiger partial charge >= 0.3 is 0 Å². The summed E-state index contributed by atoms with van der Waals surface area (Å²) in [6.45, 7) is 5.42. The van der Waals surface area contributed by atoms with Crippen molar-refractivity contribution in [2.75, 3.05) is 11.9 Å². The molecule has 0 atom stereocenters. The maximum absolute atomic E-state index is 4.47. The normalized spacial score (nSPS) is 11.7. The van der Waals surface area contributed by atoms with Gasteiger partial charge in [0.15, 0.2) is 0 Å². The van der Waals surface area contributed by atoms with Crippen LogP contribution in [0.15, 0.2) is 54.6 Å². The van der Waals surface area contributed by atoms with Crippen molar-refractivity contribution in [2.24, 2.45) is 0 Å². The van der Waals surface area contributed by atoms with Gasteiger partial charge in [-0.2, -0.15) is 4.37 Å². The molecule has 0 fully saturated rings. The third kappa shape index (κ3) is 2.54. The van der Waals surface area contributed by atoms with Crippen LogP contribution in [0.5, 0.6) is 0 Å². The number of nitrogens with one attached hydrogen (secondary N) is 1. The zero-order valence-corrected chi connectivity index (χ0v) is 12.6. The SMILES string of the molecule is CC(C)(CNc1snc2ccccc12)c1ccccc1. The lowest BCUT2D eigenvalue weighted by atomic mass is 9.85. The first kappa shape index (κ1) is 13.1. The van der Waals surface area contributed by atoms with Gasteiger partial charge in [-0.15, -0.1) is 0 Å². The molecule has 20 heavy (non-hydrogen) atoms. The summed E-state index contributed by atoms with van der Waals surface area (Å²) in [5.74, 6) is 0. The summed E-state index contributed by atoms with van der Waals surface area (Å²) >= 11 is 1.54. The summed E-state index contributed by atoms with van der Waals surface area (Å²) in [5.41, 5.74) is 2.51. The second-order valence-electron chi connectivity index (χ2n) is 5.63. The second kappa shape index (κ2) is 5.25. The van der Waals surface area contributed by atoms with Gasteiger partial charge in [0.05, 0.1) is 5.52 Å². The first-order valence-electron chi connectivity index (χ1n) is 6.81. The van der Waals surface area contributed by atoms with Crippen molar-refractivity contribution in [2.45, 2.75) is 19.3 Å². The van der Waals surface area contributed by atoms with Crippen LogP contribution in [0.25, 0.3) is 10.9 Å². The fourth-order valence-corrected chi connectivity index (χ4v) is 3.07. The number of fused-ring (bicyclic) bond motifs is 1. The largest absolute Gasteiger partial charge is 0.374 e. The maximum Gasteiger partial charge on any atom is 0.117 e. The van der Waals surface area contributed by atoms with E-state index < -0.39 is 0 Å². The average molecular weight is 282 g/mol. The summed E-state index contributed by atoms with van der Waals surface area (Å²) in [6, 6.07) is 18.9.